The molecule has 0 saturated heterocycles. The van der Waals surface area contributed by atoms with Gasteiger partial charge >= 0.3 is 11.9 Å². The second kappa shape index (κ2) is 6.51. The zero-order valence-electron chi connectivity index (χ0n) is 13.4. The Labute approximate surface area is 133 Å². The van der Waals surface area contributed by atoms with Crippen LogP contribution in [0.25, 0.3) is 0 Å². The van der Waals surface area contributed by atoms with Crippen molar-refractivity contribution >= 4 is 11.9 Å². The second-order valence-electron chi connectivity index (χ2n) is 5.12. The first-order valence-corrected chi connectivity index (χ1v) is 6.94. The largest absolute Gasteiger partial charge is 0.619 e. The number of methoxy groups -OCH3 is 2. The normalized spacial score (nSPS) is 15.3. The Morgan fingerprint density at radius 3 is 2.09 bits per heavy atom. The van der Waals surface area contributed by atoms with Crippen molar-refractivity contribution in [2.75, 3.05) is 14.2 Å². The zero-order valence-corrected chi connectivity index (χ0v) is 13.4. The number of esters is 2. The Bertz CT molecular complexity index is 683. The summed E-state index contributed by atoms with van der Waals surface area (Å²) in [4.78, 5) is 24.5. The molecule has 0 aliphatic carbocycles. The lowest BCUT2D eigenvalue weighted by atomic mass is 9.81. The minimum atomic E-state index is -0.738. The van der Waals surface area contributed by atoms with Crippen LogP contribution < -0.4 is 10.0 Å². The number of hydrogen-bond acceptors (Lipinski definition) is 6. The molecule has 0 unspecified atom stereocenters. The molecule has 2 rings (SSSR count). The fraction of sp³-hybridized carbons (Fsp3) is 0.312. The van der Waals surface area contributed by atoms with E-state index in [2.05, 4.69) is 5.32 Å². The third-order valence-corrected chi connectivity index (χ3v) is 3.70. The van der Waals surface area contributed by atoms with Gasteiger partial charge in [0.2, 0.25) is 0 Å². The SMILES string of the molecule is COC(=O)C1=C(C)NC(C)=C(C(=O)OC)C1c1ccc[n+]([O-])c1. The van der Waals surface area contributed by atoms with E-state index in [0.717, 1.165) is 0 Å². The van der Waals surface area contributed by atoms with Gasteiger partial charge in [-0.3, -0.25) is 0 Å². The quantitative estimate of drug-likeness (QED) is 0.506. The van der Waals surface area contributed by atoms with Gasteiger partial charge in [0.25, 0.3) is 0 Å². The van der Waals surface area contributed by atoms with E-state index in [0.29, 0.717) is 21.7 Å². The molecule has 7 nitrogen and oxygen atoms in total. The molecule has 23 heavy (non-hydrogen) atoms. The minimum Gasteiger partial charge on any atom is -0.619 e. The van der Waals surface area contributed by atoms with Crippen molar-refractivity contribution in [2.45, 2.75) is 19.8 Å². The summed E-state index contributed by atoms with van der Waals surface area (Å²) in [6, 6.07) is 3.23. The van der Waals surface area contributed by atoms with Crippen LogP contribution in [0, 0.1) is 5.21 Å². The molecule has 0 fully saturated rings. The number of hydrogen-bond donors (Lipinski definition) is 1. The minimum absolute atomic E-state index is 0.268. The van der Waals surface area contributed by atoms with Crippen LogP contribution in [0.1, 0.15) is 25.3 Å². The van der Waals surface area contributed by atoms with E-state index >= 15 is 0 Å². The molecule has 0 saturated carbocycles. The number of dihydropyridines is 1. The Balaban J connectivity index is 2.69. The highest BCUT2D eigenvalue weighted by Gasteiger charge is 2.38. The van der Waals surface area contributed by atoms with E-state index in [1.54, 1.807) is 26.0 Å². The smallest absolute Gasteiger partial charge is 0.336 e. The molecule has 0 amide bonds. The monoisotopic (exact) mass is 318 g/mol. The van der Waals surface area contributed by atoms with E-state index in [1.165, 1.54) is 26.6 Å². The zero-order chi connectivity index (χ0) is 17.1. The average molecular weight is 318 g/mol. The number of pyridine rings is 1. The summed E-state index contributed by atoms with van der Waals surface area (Å²) in [5, 5.41) is 14.6. The molecule has 1 aliphatic heterocycles. The average Bonchev–Trinajstić information content (AvgIpc) is 2.52. The molecule has 0 bridgehead atoms. The van der Waals surface area contributed by atoms with Gasteiger partial charge in [0.15, 0.2) is 12.4 Å². The van der Waals surface area contributed by atoms with Gasteiger partial charge in [-0.25, -0.2) is 9.59 Å². The van der Waals surface area contributed by atoms with Gasteiger partial charge in [-0.2, -0.15) is 4.73 Å². The molecule has 0 spiro atoms. The highest BCUT2D eigenvalue weighted by atomic mass is 16.5. The summed E-state index contributed by atoms with van der Waals surface area (Å²) in [5.41, 5.74) is 2.17. The maximum atomic E-state index is 12.2. The van der Waals surface area contributed by atoms with Crippen molar-refractivity contribution in [1.29, 1.82) is 0 Å². The molecule has 0 radical (unpaired) electrons. The molecule has 122 valence electrons. The number of nitrogens with zero attached hydrogens (tertiary/aromatic N) is 1. The lowest BCUT2D eigenvalue weighted by Gasteiger charge is -2.29. The molecule has 0 atom stereocenters. The second-order valence-corrected chi connectivity index (χ2v) is 5.12. The summed E-state index contributed by atoms with van der Waals surface area (Å²) in [6.45, 7) is 3.43. The summed E-state index contributed by atoms with van der Waals surface area (Å²) < 4.78 is 10.3. The van der Waals surface area contributed by atoms with E-state index in [9.17, 15) is 14.8 Å². The highest BCUT2D eigenvalue weighted by molar-refractivity contribution is 5.99. The van der Waals surface area contributed by atoms with Crippen LogP contribution in [0.2, 0.25) is 0 Å². The van der Waals surface area contributed by atoms with Gasteiger partial charge in [-0.05, 0) is 19.9 Å². The van der Waals surface area contributed by atoms with E-state index in [4.69, 9.17) is 9.47 Å². The van der Waals surface area contributed by atoms with E-state index in [-0.39, 0.29) is 11.1 Å². The lowest BCUT2D eigenvalue weighted by Crippen LogP contribution is -2.33. The first kappa shape index (κ1) is 16.5. The van der Waals surface area contributed by atoms with Crippen LogP contribution in [-0.4, -0.2) is 26.2 Å². The van der Waals surface area contributed by atoms with Gasteiger partial charge in [0, 0.05) is 23.0 Å². The van der Waals surface area contributed by atoms with Gasteiger partial charge in [-0.1, -0.05) is 0 Å². The molecular weight excluding hydrogens is 300 g/mol. The van der Waals surface area contributed by atoms with Gasteiger partial charge in [-0.15, -0.1) is 0 Å². The van der Waals surface area contributed by atoms with Crippen LogP contribution in [0.15, 0.2) is 47.1 Å². The fourth-order valence-electron chi connectivity index (χ4n) is 2.73. The summed E-state index contributed by atoms with van der Waals surface area (Å²) in [7, 11) is 2.53. The predicted molar refractivity (Wildman–Crippen MR) is 80.7 cm³/mol. The molecule has 1 N–H and O–H groups in total. The maximum Gasteiger partial charge on any atom is 0.336 e. The van der Waals surface area contributed by atoms with Crippen LogP contribution >= 0.6 is 0 Å². The first-order chi connectivity index (χ1) is 10.9. The van der Waals surface area contributed by atoms with E-state index < -0.39 is 17.9 Å². The predicted octanol–water partition coefficient (Wildman–Crippen LogP) is 0.901. The van der Waals surface area contributed by atoms with Gasteiger partial charge < -0.3 is 20.0 Å². The third-order valence-electron chi connectivity index (χ3n) is 3.70. The first-order valence-electron chi connectivity index (χ1n) is 6.94. The van der Waals surface area contributed by atoms with Crippen LogP contribution in [0.5, 0.6) is 0 Å². The fourth-order valence-corrected chi connectivity index (χ4v) is 2.73. The van der Waals surface area contributed by atoms with Crippen molar-refractivity contribution in [3.63, 3.8) is 0 Å². The Kier molecular flexibility index (Phi) is 4.68. The number of aromatic nitrogens is 1. The number of carbonyl (C=O) groups is 2. The lowest BCUT2D eigenvalue weighted by molar-refractivity contribution is -0.605. The van der Waals surface area contributed by atoms with E-state index in [1.807, 2.05) is 0 Å². The third kappa shape index (κ3) is 3.03. The highest BCUT2D eigenvalue weighted by Crippen LogP contribution is 2.38. The molecule has 2 heterocycles. The van der Waals surface area contributed by atoms with Crippen LogP contribution in [-0.2, 0) is 19.1 Å². The Morgan fingerprint density at radius 1 is 1.13 bits per heavy atom. The molecule has 0 aromatic carbocycles. The number of nitrogens with one attached hydrogen (secondary N) is 1. The molecule has 1 aliphatic rings. The van der Waals surface area contributed by atoms with Gasteiger partial charge in [0.05, 0.1) is 31.3 Å². The van der Waals surface area contributed by atoms with Crippen molar-refractivity contribution < 1.29 is 23.8 Å². The number of rotatable bonds is 3. The summed E-state index contributed by atoms with van der Waals surface area (Å²) in [5.74, 6) is -1.89. The van der Waals surface area contributed by atoms with Crippen molar-refractivity contribution in [3.8, 4) is 0 Å². The number of allylic oxidation sites excluding steroid dienone is 2. The standard InChI is InChI=1S/C16H18N2O5/c1-9-12(15(19)22-3)14(11-6-5-7-18(21)8-11)13(10(2)17-9)16(20)23-4/h5-8,14,17H,1-4H3. The number of ether oxygens (including phenoxy) is 2. The summed E-state index contributed by atoms with van der Waals surface area (Å²) >= 11 is 0. The molecule has 1 aromatic heterocycles. The Morgan fingerprint density at radius 2 is 1.65 bits per heavy atom. The summed E-state index contributed by atoms with van der Waals surface area (Å²) in [6.07, 6.45) is 2.65. The van der Waals surface area contributed by atoms with Crippen LogP contribution in [0.3, 0.4) is 0 Å². The topological polar surface area (TPSA) is 91.6 Å². The number of carbonyl (C=O) groups excluding carboxylic acids is 2. The maximum absolute atomic E-state index is 12.2. The molecular formula is C16H18N2O5. The van der Waals surface area contributed by atoms with Gasteiger partial charge in [0.1, 0.15) is 0 Å². The molecule has 1 aromatic rings. The molecule has 7 heteroatoms. The van der Waals surface area contributed by atoms with Crippen molar-refractivity contribution in [3.05, 3.63) is 57.8 Å². The Hall–Kier alpha value is -2.83. The van der Waals surface area contributed by atoms with Crippen molar-refractivity contribution in [2.24, 2.45) is 0 Å². The van der Waals surface area contributed by atoms with Crippen LogP contribution in [0.4, 0.5) is 0 Å². The van der Waals surface area contributed by atoms with Crippen molar-refractivity contribution in [1.82, 2.24) is 5.32 Å².